The highest BCUT2D eigenvalue weighted by atomic mass is 32.5. The molecule has 0 amide bonds. The number of halogens is 3. The lowest BCUT2D eigenvalue weighted by atomic mass is 10.1. The Hall–Kier alpha value is -6.71. The van der Waals surface area contributed by atoms with E-state index in [0.29, 0.717) is 33.4 Å². The highest BCUT2D eigenvalue weighted by Crippen LogP contribution is 2.61. The molecule has 0 radical (unpaired) electrons. The number of hydrogen-bond donors (Lipinski definition) is 15. The van der Waals surface area contributed by atoms with Crippen LogP contribution < -0.4 is 51.1 Å². The van der Waals surface area contributed by atoms with Gasteiger partial charge in [-0.1, -0.05) is 5.21 Å². The zero-order chi connectivity index (χ0) is 92.9. The Morgan fingerprint density at radius 3 is 1.19 bits per heavy atom. The molecule has 51 nitrogen and oxygen atoms in total. The molecule has 12 aromatic rings. The number of fused-ring (bicyclic) bond motifs is 15. The van der Waals surface area contributed by atoms with E-state index in [-0.39, 0.29) is 113 Å². The smallest absolute Gasteiger partial charge is 0.325 e. The molecule has 27 atom stereocenters. The minimum absolute atomic E-state index is 0.0114. The van der Waals surface area contributed by atoms with Gasteiger partial charge in [0, 0.05) is 70.1 Å². The van der Waals surface area contributed by atoms with Crippen molar-refractivity contribution in [2.45, 2.75) is 145 Å². The maximum absolute atomic E-state index is 16.1. The van der Waals surface area contributed by atoms with Crippen molar-refractivity contribution in [3.8, 4) is 0 Å². The number of nitrogen functional groups attached to an aromatic ring is 6. The predicted octanol–water partition coefficient (Wildman–Crippen LogP) is 3.55. The van der Waals surface area contributed by atoms with Crippen LogP contribution in [0.5, 0.6) is 0 Å². The molecule has 0 aliphatic carbocycles. The summed E-state index contributed by atoms with van der Waals surface area (Å²) in [5.41, 5.74) is 36.4. The predicted molar refractivity (Wildman–Crippen MR) is 485 cm³/mol. The second kappa shape index (κ2) is 36.6. The second-order valence-electron chi connectivity index (χ2n) is 30.6. The van der Waals surface area contributed by atoms with Crippen molar-refractivity contribution in [2.75, 3.05) is 74.0 Å². The molecular formula is C64H73F3N26O25P6S8. The van der Waals surface area contributed by atoms with Gasteiger partial charge in [0.25, 0.3) is 16.7 Å². The van der Waals surface area contributed by atoms with Crippen LogP contribution in [-0.2, 0) is 144 Å². The lowest BCUT2D eigenvalue weighted by Gasteiger charge is -2.27. The van der Waals surface area contributed by atoms with E-state index < -0.39 is 197 Å². The van der Waals surface area contributed by atoms with E-state index in [1.54, 1.807) is 45.8 Å². The lowest BCUT2D eigenvalue weighted by molar-refractivity contribution is -0.0596. The molecule has 6 unspecified atom stereocenters. The second-order valence-corrected chi connectivity index (χ2v) is 50.1. The average Bonchev–Trinajstić information content (AvgIpc) is 1.64. The van der Waals surface area contributed by atoms with Gasteiger partial charge in [-0.2, -0.15) is 19.6 Å². The summed E-state index contributed by atoms with van der Waals surface area (Å²) >= 11 is 34.3. The maximum Gasteiger partial charge on any atom is 0.325 e. The van der Waals surface area contributed by atoms with Crippen molar-refractivity contribution in [1.82, 2.24) is 97.6 Å². The number of thioether (sulfide) groups is 2. The summed E-state index contributed by atoms with van der Waals surface area (Å²) in [6, 6.07) is 8.08. The van der Waals surface area contributed by atoms with Crippen molar-refractivity contribution in [3.05, 3.63) is 111 Å². The van der Waals surface area contributed by atoms with Crippen molar-refractivity contribution in [1.29, 1.82) is 0 Å². The summed E-state index contributed by atoms with van der Waals surface area (Å²) < 4.78 is 149. The standard InChI is InChI=1S/C22H25FN8O9P2S2.C22H25FN8O8P2S3.C20H23FN10O8P2S3/c23-14-16-13(38-21(14)30-4-2-10-11(24)1-3-26-17(10)30)7-36-41(33,43)39-12-5-9(6-35-42(34,44)40-16)37-20(12)31-8-27-15-18(31)28-22(25)29-19(15)32;23-14-16-13(37-20(14)30-4-2-10-11(24)1-3-26-17(10)30)7-36-40(33,42)38-12-5-9(6-35-41(34,43)39-16)44-21(12)31-8-27-15-18(31)28-22(25)29-19(15)32;21-11-14-10(37-18(11)31-15-12(28-29-31)8(22)1-2-24-15)5-36-40(33,42)38-9-3-7(4-35-41(34,43)39-14)44-19(9)30-6-25-13-16(30)26-20(23)27-17(13)32/h1-4,8-9,12-14,16,20-21H,5-7H2,(H2,24,26)(H,33,43)(H,34,44)(H3,25,28,29,32);1-4,8-9,12-14,16,20-21H,5-7H2,(H2,24,26)(H,33,42)(H,34,43)(H3,25,28,29,32);1-2,6-7,9-11,14,18-19H,3-5H2,(H2,22,24)(H,33,42)(H,34,43)(H3,23,26,27,32)/t9-,12+,13+,14-,16+,20+,21+,41?,42?;9-,12+,13+,14-,16+,20+,21+,40?,41?;7-,9+,10+,11-,14+,18+,19+,40?,41?/m000/s1. The third-order valence-electron chi connectivity index (χ3n) is 21.9. The maximum atomic E-state index is 16.1. The Morgan fingerprint density at radius 2 is 0.750 bits per heavy atom. The van der Waals surface area contributed by atoms with Crippen LogP contribution in [0.1, 0.15) is 54.9 Å². The Kier molecular flexibility index (Phi) is 26.1. The SMILES string of the molecule is Nc1nc2c(ncn2[C@@H]2O[C@@H]3COP(O)(=S)O[C@H]4[C@H](F)[C@H](n5ccc6c(N)ccnc65)O[C@@H]4COP(O)(=S)O[C@@H]2C3)c(=O)[nH]1.Nc1nc2c(ncn2[C@@H]2S[C@@H]3COP(O)(=S)O[C@H]4[C@H](F)[C@H](n5ccc6c(N)ccnc65)O[C@@H]4COP(O)(=S)O[C@@H]2C3)c(=O)[nH]1.Nc1nc2c(ncn2[C@@H]2S[C@@H]3COP(O)(=S)O[C@H]4[C@H](F)[C@H](n5nnc6c(N)ccnc65)O[C@@H]4COP(O)(=S)O[C@@H]2C3)c(=O)[nH]1. The quantitative estimate of drug-likeness (QED) is 0.106. The molecule has 9 aliphatic rings. The Morgan fingerprint density at radius 1 is 0.386 bits per heavy atom. The first-order valence-electron chi connectivity index (χ1n) is 39.0. The molecule has 21 rings (SSSR count). The number of pyridine rings is 3. The number of hydrogen-bond acceptors (Lipinski definition) is 44. The monoisotopic (exact) mass is 2100 g/mol. The van der Waals surface area contributed by atoms with E-state index in [4.69, 9.17) is 178 Å². The van der Waals surface area contributed by atoms with Crippen LogP contribution in [0.3, 0.4) is 0 Å². The van der Waals surface area contributed by atoms with Crippen molar-refractivity contribution >= 4 is 236 Å². The van der Waals surface area contributed by atoms with Crippen LogP contribution in [-0.4, -0.2) is 257 Å². The number of rotatable bonds is 6. The first-order chi connectivity index (χ1) is 62.7. The fraction of sp³-hybridized carbons (Fsp3) is 0.469. The first kappa shape index (κ1) is 94.3. The lowest BCUT2D eigenvalue weighted by Crippen LogP contribution is -2.34. The topological polar surface area (TPSA) is 695 Å². The van der Waals surface area contributed by atoms with Crippen LogP contribution in [0.15, 0.2) is 94.7 Å². The van der Waals surface area contributed by atoms with Gasteiger partial charge in [0.1, 0.15) is 64.8 Å². The normalized spacial score (nSPS) is 36.6. The van der Waals surface area contributed by atoms with Crippen molar-refractivity contribution < 1.29 is 116 Å². The van der Waals surface area contributed by atoms with Crippen molar-refractivity contribution in [3.63, 3.8) is 0 Å². The van der Waals surface area contributed by atoms with E-state index in [9.17, 15) is 43.7 Å². The largest absolute Gasteiger partial charge is 0.398 e. The minimum atomic E-state index is -4.10. The highest BCUT2D eigenvalue weighted by Gasteiger charge is 2.56. The number of nitrogens with two attached hydrogens (primary N) is 6. The van der Waals surface area contributed by atoms with Crippen LogP contribution in [0.2, 0.25) is 0 Å². The van der Waals surface area contributed by atoms with Crippen LogP contribution in [0.25, 0.3) is 66.7 Å². The van der Waals surface area contributed by atoms with Gasteiger partial charge in [-0.25, -0.2) is 43.1 Å². The number of ether oxygens (including phenoxy) is 4. The number of nitrogens with zero attached hydrogens (tertiary/aromatic N) is 17. The Labute approximate surface area is 774 Å². The summed E-state index contributed by atoms with van der Waals surface area (Å²) in [5, 5.41) is 7.07. The molecule has 0 saturated carbocycles. The zero-order valence-corrected chi connectivity index (χ0v) is 78.5. The Bertz CT molecular complexity index is 6380. The van der Waals surface area contributed by atoms with E-state index in [0.717, 1.165) is 4.68 Å². The molecule has 0 spiro atoms. The van der Waals surface area contributed by atoms with Gasteiger partial charge in [-0.3, -0.25) is 56.6 Å². The summed E-state index contributed by atoms with van der Waals surface area (Å²) in [5.74, 6) is -0.379. The number of H-pyrrole nitrogens is 3. The molecule has 132 heavy (non-hydrogen) atoms. The fourth-order valence-corrected chi connectivity index (χ4v) is 28.2. The van der Waals surface area contributed by atoms with Gasteiger partial charge < -0.3 is 133 Å². The van der Waals surface area contributed by atoms with Gasteiger partial charge in [-0.15, -0.1) is 28.6 Å². The number of anilines is 6. The summed E-state index contributed by atoms with van der Waals surface area (Å²) in [7, 11) is 0. The summed E-state index contributed by atoms with van der Waals surface area (Å²) in [6.07, 6.45) is -10.0. The molecule has 9 aliphatic heterocycles. The molecule has 9 fully saturated rings. The van der Waals surface area contributed by atoms with E-state index in [1.807, 2.05) is 0 Å². The van der Waals surface area contributed by atoms with Gasteiger partial charge in [0.2, 0.25) is 17.8 Å². The third kappa shape index (κ3) is 19.0. The first-order valence-corrected chi connectivity index (χ1v) is 56.4. The van der Waals surface area contributed by atoms with Gasteiger partial charge in [-0.05, 0) is 114 Å². The van der Waals surface area contributed by atoms with Crippen LogP contribution >= 0.6 is 63.8 Å². The molecule has 21 N–H and O–H groups in total. The summed E-state index contributed by atoms with van der Waals surface area (Å²) in [4.78, 5) is 148. The van der Waals surface area contributed by atoms with Gasteiger partial charge in [0.05, 0.1) is 82.6 Å². The van der Waals surface area contributed by atoms with E-state index >= 15 is 13.2 Å². The number of nitrogens with one attached hydrogen (secondary N) is 3. The third-order valence-corrected chi connectivity index (χ3v) is 34.4. The van der Waals surface area contributed by atoms with E-state index in [1.165, 1.54) is 80.9 Å². The molecule has 68 heteroatoms. The molecule has 21 heterocycles. The van der Waals surface area contributed by atoms with Gasteiger partial charge >= 0.3 is 40.3 Å². The minimum Gasteiger partial charge on any atom is -0.398 e. The van der Waals surface area contributed by atoms with Crippen LogP contribution in [0.4, 0.5) is 48.1 Å². The highest BCUT2D eigenvalue weighted by molar-refractivity contribution is 8.09. The van der Waals surface area contributed by atoms with Crippen LogP contribution in [0, 0.1) is 0 Å². The average molecular weight is 2110 g/mol. The fourth-order valence-electron chi connectivity index (χ4n) is 16.2. The molecule has 9 saturated heterocycles. The number of imidazole rings is 3. The molecule has 6 bridgehead atoms. The molecule has 12 aromatic heterocycles. The van der Waals surface area contributed by atoms with Crippen molar-refractivity contribution in [2.24, 2.45) is 0 Å². The van der Waals surface area contributed by atoms with Gasteiger partial charge in [0.15, 0.2) is 88.1 Å². The zero-order valence-electron chi connectivity index (χ0n) is 66.6. The Balaban J connectivity index is 0.000000128. The number of aromatic nitrogens is 20. The number of alkyl halides is 3. The molecular weight excluding hydrogens is 2030 g/mol. The van der Waals surface area contributed by atoms with E-state index in [2.05, 4.69) is 70.1 Å². The number of aromatic amines is 3. The molecule has 0 aromatic carbocycles. The summed E-state index contributed by atoms with van der Waals surface area (Å²) in [6.45, 7) is -26.3. The molecule has 708 valence electrons.